The second-order valence-corrected chi connectivity index (χ2v) is 5.91. The number of aromatic nitrogens is 2. The van der Waals surface area contributed by atoms with E-state index in [1.807, 2.05) is 18.5 Å². The SMILES string of the molecule is CC(NCc1cccnc1)c1ncc(Br)s1. The molecule has 0 aliphatic rings. The Balaban J connectivity index is 1.91. The van der Waals surface area contributed by atoms with Gasteiger partial charge in [0.2, 0.25) is 0 Å². The number of hydrogen-bond donors (Lipinski definition) is 1. The molecule has 0 spiro atoms. The zero-order valence-electron chi connectivity index (χ0n) is 8.85. The molecule has 2 aromatic heterocycles. The minimum Gasteiger partial charge on any atom is -0.304 e. The van der Waals surface area contributed by atoms with Crippen molar-refractivity contribution in [3.05, 3.63) is 45.1 Å². The number of nitrogens with zero attached hydrogens (tertiary/aromatic N) is 2. The zero-order chi connectivity index (χ0) is 11.4. The van der Waals surface area contributed by atoms with Gasteiger partial charge in [0.1, 0.15) is 5.01 Å². The van der Waals surface area contributed by atoms with Crippen LogP contribution in [-0.4, -0.2) is 9.97 Å². The van der Waals surface area contributed by atoms with Gasteiger partial charge in [0.15, 0.2) is 0 Å². The second-order valence-electron chi connectivity index (χ2n) is 3.47. The number of rotatable bonds is 4. The van der Waals surface area contributed by atoms with Gasteiger partial charge in [-0.1, -0.05) is 6.07 Å². The smallest absolute Gasteiger partial charge is 0.110 e. The van der Waals surface area contributed by atoms with Crippen LogP contribution in [0.1, 0.15) is 23.5 Å². The number of hydrogen-bond acceptors (Lipinski definition) is 4. The van der Waals surface area contributed by atoms with Crippen LogP contribution in [-0.2, 0) is 6.54 Å². The molecule has 84 valence electrons. The summed E-state index contributed by atoms with van der Waals surface area (Å²) in [5, 5.41) is 4.51. The van der Waals surface area contributed by atoms with Crippen LogP contribution >= 0.6 is 27.3 Å². The third-order valence-corrected chi connectivity index (χ3v) is 3.86. The van der Waals surface area contributed by atoms with Gasteiger partial charge in [-0.05, 0) is 34.5 Å². The highest BCUT2D eigenvalue weighted by Gasteiger charge is 2.08. The lowest BCUT2D eigenvalue weighted by Gasteiger charge is -2.10. The fourth-order valence-electron chi connectivity index (χ4n) is 1.33. The van der Waals surface area contributed by atoms with Gasteiger partial charge in [-0.15, -0.1) is 11.3 Å². The summed E-state index contributed by atoms with van der Waals surface area (Å²) in [7, 11) is 0. The van der Waals surface area contributed by atoms with Crippen LogP contribution in [0.15, 0.2) is 34.5 Å². The zero-order valence-corrected chi connectivity index (χ0v) is 11.3. The summed E-state index contributed by atoms with van der Waals surface area (Å²) in [6.45, 7) is 2.92. The van der Waals surface area contributed by atoms with Gasteiger partial charge < -0.3 is 5.32 Å². The molecule has 0 fully saturated rings. The fraction of sp³-hybridized carbons (Fsp3) is 0.273. The summed E-state index contributed by atoms with van der Waals surface area (Å²) in [4.78, 5) is 8.40. The first-order chi connectivity index (χ1) is 7.75. The molecule has 3 nitrogen and oxygen atoms in total. The molecule has 1 N–H and O–H groups in total. The van der Waals surface area contributed by atoms with E-state index in [1.165, 1.54) is 5.56 Å². The molecule has 0 aliphatic heterocycles. The van der Waals surface area contributed by atoms with Gasteiger partial charge in [-0.3, -0.25) is 4.98 Å². The summed E-state index contributed by atoms with van der Waals surface area (Å²) >= 11 is 5.07. The maximum atomic E-state index is 4.32. The molecule has 2 rings (SSSR count). The van der Waals surface area contributed by atoms with Gasteiger partial charge in [0, 0.05) is 18.9 Å². The first-order valence-corrected chi connectivity index (χ1v) is 6.60. The third-order valence-electron chi connectivity index (χ3n) is 2.20. The van der Waals surface area contributed by atoms with Gasteiger partial charge >= 0.3 is 0 Å². The molecule has 1 unspecified atom stereocenters. The Morgan fingerprint density at radius 3 is 3.00 bits per heavy atom. The van der Waals surface area contributed by atoms with Crippen molar-refractivity contribution in [3.8, 4) is 0 Å². The number of nitrogens with one attached hydrogen (secondary N) is 1. The first kappa shape index (κ1) is 11.7. The summed E-state index contributed by atoms with van der Waals surface area (Å²) in [5.74, 6) is 0. The van der Waals surface area contributed by atoms with E-state index >= 15 is 0 Å². The molecule has 2 aromatic rings. The topological polar surface area (TPSA) is 37.8 Å². The monoisotopic (exact) mass is 297 g/mol. The average molecular weight is 298 g/mol. The number of thiazole rings is 1. The second kappa shape index (κ2) is 5.52. The minimum absolute atomic E-state index is 0.261. The molecule has 5 heteroatoms. The van der Waals surface area contributed by atoms with Crippen LogP contribution in [0.3, 0.4) is 0 Å². The lowest BCUT2D eigenvalue weighted by Crippen LogP contribution is -2.17. The minimum atomic E-state index is 0.261. The Kier molecular flexibility index (Phi) is 4.04. The van der Waals surface area contributed by atoms with E-state index in [2.05, 4.69) is 44.2 Å². The molecule has 2 heterocycles. The van der Waals surface area contributed by atoms with Crippen molar-refractivity contribution in [1.82, 2.24) is 15.3 Å². The van der Waals surface area contributed by atoms with Gasteiger partial charge in [0.25, 0.3) is 0 Å². The van der Waals surface area contributed by atoms with Crippen LogP contribution in [0.25, 0.3) is 0 Å². The van der Waals surface area contributed by atoms with E-state index in [9.17, 15) is 0 Å². The Morgan fingerprint density at radius 2 is 2.38 bits per heavy atom. The molecule has 1 atom stereocenters. The van der Waals surface area contributed by atoms with E-state index in [-0.39, 0.29) is 6.04 Å². The van der Waals surface area contributed by atoms with Crippen molar-refractivity contribution < 1.29 is 0 Å². The highest BCUT2D eigenvalue weighted by molar-refractivity contribution is 9.11. The Bertz CT molecular complexity index is 444. The molecule has 16 heavy (non-hydrogen) atoms. The Morgan fingerprint density at radius 1 is 1.50 bits per heavy atom. The highest BCUT2D eigenvalue weighted by Crippen LogP contribution is 2.24. The lowest BCUT2D eigenvalue weighted by atomic mass is 10.2. The fourth-order valence-corrected chi connectivity index (χ4v) is 2.60. The summed E-state index contributed by atoms with van der Waals surface area (Å²) in [6.07, 6.45) is 5.49. The van der Waals surface area contributed by atoms with Crippen molar-refractivity contribution in [1.29, 1.82) is 0 Å². The molecule has 0 radical (unpaired) electrons. The van der Waals surface area contributed by atoms with Gasteiger partial charge in [-0.2, -0.15) is 0 Å². The summed E-state index contributed by atoms with van der Waals surface area (Å²) < 4.78 is 1.07. The first-order valence-electron chi connectivity index (χ1n) is 4.99. The summed E-state index contributed by atoms with van der Waals surface area (Å²) in [6, 6.07) is 4.27. The highest BCUT2D eigenvalue weighted by atomic mass is 79.9. The molecule has 0 bridgehead atoms. The predicted molar refractivity (Wildman–Crippen MR) is 69.3 cm³/mol. The standard InChI is InChI=1S/C11H12BrN3S/c1-8(11-15-7-10(12)16-11)14-6-9-3-2-4-13-5-9/h2-5,7-8,14H,6H2,1H3. The van der Waals surface area contributed by atoms with Crippen LogP contribution in [0.4, 0.5) is 0 Å². The van der Waals surface area contributed by atoms with Crippen molar-refractivity contribution in [2.24, 2.45) is 0 Å². The molecule has 0 aromatic carbocycles. The van der Waals surface area contributed by atoms with E-state index in [0.29, 0.717) is 0 Å². The Labute approximate surface area is 107 Å². The van der Waals surface area contributed by atoms with Crippen LogP contribution < -0.4 is 5.32 Å². The predicted octanol–water partition coefficient (Wildman–Crippen LogP) is 3.15. The molecule has 0 saturated carbocycles. The van der Waals surface area contributed by atoms with Gasteiger partial charge in [0.05, 0.1) is 16.0 Å². The maximum absolute atomic E-state index is 4.32. The Hall–Kier alpha value is -0.780. The number of pyridine rings is 1. The normalized spacial score (nSPS) is 12.6. The molecule has 0 aliphatic carbocycles. The van der Waals surface area contributed by atoms with Crippen molar-refractivity contribution >= 4 is 27.3 Å². The summed E-state index contributed by atoms with van der Waals surface area (Å²) in [5.41, 5.74) is 1.19. The van der Waals surface area contributed by atoms with E-state index in [1.54, 1.807) is 17.5 Å². The molecular weight excluding hydrogens is 286 g/mol. The third kappa shape index (κ3) is 3.10. The quantitative estimate of drug-likeness (QED) is 0.942. The molecule has 0 amide bonds. The molecular formula is C11H12BrN3S. The van der Waals surface area contributed by atoms with Crippen LogP contribution in [0.2, 0.25) is 0 Å². The van der Waals surface area contributed by atoms with Gasteiger partial charge in [-0.25, -0.2) is 4.98 Å². The van der Waals surface area contributed by atoms with E-state index < -0.39 is 0 Å². The van der Waals surface area contributed by atoms with Crippen molar-refractivity contribution in [2.75, 3.05) is 0 Å². The van der Waals surface area contributed by atoms with E-state index in [0.717, 1.165) is 15.3 Å². The van der Waals surface area contributed by atoms with Crippen molar-refractivity contribution in [3.63, 3.8) is 0 Å². The van der Waals surface area contributed by atoms with Crippen LogP contribution in [0, 0.1) is 0 Å². The van der Waals surface area contributed by atoms with Crippen LogP contribution in [0.5, 0.6) is 0 Å². The molecule has 0 saturated heterocycles. The van der Waals surface area contributed by atoms with E-state index in [4.69, 9.17) is 0 Å². The maximum Gasteiger partial charge on any atom is 0.110 e. The average Bonchev–Trinajstić information content (AvgIpc) is 2.74. The lowest BCUT2D eigenvalue weighted by molar-refractivity contribution is 0.571. The number of halogens is 1. The largest absolute Gasteiger partial charge is 0.304 e. The van der Waals surface area contributed by atoms with Crippen molar-refractivity contribution in [2.45, 2.75) is 19.5 Å².